The molecule has 0 unspecified atom stereocenters. The number of hydrogen-bond donors (Lipinski definition) is 0. The van der Waals surface area contributed by atoms with Crippen LogP contribution in [0, 0.1) is 11.3 Å². The first-order valence-corrected chi connectivity index (χ1v) is 6.37. The van der Waals surface area contributed by atoms with Gasteiger partial charge < -0.3 is 9.47 Å². The highest BCUT2D eigenvalue weighted by Crippen LogP contribution is 2.31. The monoisotopic (exact) mass is 289 g/mol. The van der Waals surface area contributed by atoms with Gasteiger partial charge in [-0.05, 0) is 24.6 Å². The molecule has 0 aliphatic rings. The van der Waals surface area contributed by atoms with Gasteiger partial charge in [0, 0.05) is 18.5 Å². The van der Waals surface area contributed by atoms with Crippen molar-refractivity contribution in [2.24, 2.45) is 0 Å². The fourth-order valence-corrected chi connectivity index (χ4v) is 1.96. The molecule has 0 aliphatic heterocycles. The maximum Gasteiger partial charge on any atom is 0.441 e. The van der Waals surface area contributed by atoms with E-state index in [9.17, 15) is 4.79 Å². The van der Waals surface area contributed by atoms with Gasteiger partial charge in [0.2, 0.25) is 0 Å². The molecule has 1 heterocycles. The number of ether oxygens (including phenoxy) is 2. The summed E-state index contributed by atoms with van der Waals surface area (Å²) in [7, 11) is 3.08. The second kappa shape index (κ2) is 6.61. The molecule has 1 aromatic carbocycles. The van der Waals surface area contributed by atoms with Gasteiger partial charge in [-0.15, -0.1) is 0 Å². The molecule has 0 aliphatic carbocycles. The highest BCUT2D eigenvalue weighted by molar-refractivity contribution is 5.61. The van der Waals surface area contributed by atoms with Crippen molar-refractivity contribution in [3.63, 3.8) is 0 Å². The Hall–Kier alpha value is -2.75. The average molecular weight is 289 g/mol. The zero-order chi connectivity index (χ0) is 15.2. The molecule has 1 aromatic heterocycles. The third-order valence-corrected chi connectivity index (χ3v) is 3.00. The molecule has 2 rings (SSSR count). The van der Waals surface area contributed by atoms with E-state index in [1.54, 1.807) is 25.3 Å². The standard InChI is InChI=1S/C14H15N3O4/c1-19-11-6-5-10(9-12(11)20-2)13-16-21-14(18)17(13)8-4-3-7-15/h5-6,9H,3-4,8H2,1-2H3. The molecule has 0 bridgehead atoms. The summed E-state index contributed by atoms with van der Waals surface area (Å²) in [5.74, 6) is 0.980. The summed E-state index contributed by atoms with van der Waals surface area (Å²) in [5.41, 5.74) is 0.676. The van der Waals surface area contributed by atoms with E-state index in [1.165, 1.54) is 11.7 Å². The van der Waals surface area contributed by atoms with E-state index in [2.05, 4.69) is 5.16 Å². The molecule has 0 fully saturated rings. The quantitative estimate of drug-likeness (QED) is 0.753. The Labute approximate surface area is 121 Å². The van der Waals surface area contributed by atoms with E-state index in [1.807, 2.05) is 6.07 Å². The topological polar surface area (TPSA) is 90.3 Å². The first kappa shape index (κ1) is 14.7. The predicted octanol–water partition coefficient (Wildman–Crippen LogP) is 1.82. The van der Waals surface area contributed by atoms with Gasteiger partial charge in [-0.1, -0.05) is 5.16 Å². The Balaban J connectivity index is 2.38. The molecule has 0 saturated carbocycles. The van der Waals surface area contributed by atoms with Crippen molar-refractivity contribution in [2.45, 2.75) is 19.4 Å². The minimum Gasteiger partial charge on any atom is -0.493 e. The molecule has 2 aromatic rings. The van der Waals surface area contributed by atoms with E-state index in [4.69, 9.17) is 19.3 Å². The SMILES string of the molecule is COc1ccc(-c2noc(=O)n2CCCC#N)cc1OC. The second-order valence-corrected chi connectivity index (χ2v) is 4.26. The van der Waals surface area contributed by atoms with Gasteiger partial charge >= 0.3 is 5.76 Å². The number of nitriles is 1. The first-order valence-electron chi connectivity index (χ1n) is 6.37. The van der Waals surface area contributed by atoms with Crippen molar-refractivity contribution in [3.8, 4) is 29.0 Å². The van der Waals surface area contributed by atoms with E-state index in [0.29, 0.717) is 42.3 Å². The van der Waals surface area contributed by atoms with Crippen molar-refractivity contribution in [2.75, 3.05) is 14.2 Å². The van der Waals surface area contributed by atoms with Crippen LogP contribution in [-0.4, -0.2) is 23.9 Å². The zero-order valence-corrected chi connectivity index (χ0v) is 11.8. The summed E-state index contributed by atoms with van der Waals surface area (Å²) < 4.78 is 16.5. The van der Waals surface area contributed by atoms with Crippen LogP contribution in [0.3, 0.4) is 0 Å². The Morgan fingerprint density at radius 1 is 1.33 bits per heavy atom. The van der Waals surface area contributed by atoms with Crippen LogP contribution in [0.25, 0.3) is 11.4 Å². The summed E-state index contributed by atoms with van der Waals surface area (Å²) in [6.07, 6.45) is 0.918. The molecule has 7 heteroatoms. The Morgan fingerprint density at radius 2 is 2.10 bits per heavy atom. The van der Waals surface area contributed by atoms with Crippen LogP contribution in [-0.2, 0) is 6.54 Å². The lowest BCUT2D eigenvalue weighted by atomic mass is 10.2. The fraction of sp³-hybridized carbons (Fsp3) is 0.357. The van der Waals surface area contributed by atoms with Gasteiger partial charge in [-0.3, -0.25) is 9.09 Å². The third kappa shape index (κ3) is 3.05. The third-order valence-electron chi connectivity index (χ3n) is 3.00. The second-order valence-electron chi connectivity index (χ2n) is 4.26. The number of unbranched alkanes of at least 4 members (excludes halogenated alkanes) is 1. The molecule has 110 valence electrons. The molecule has 0 amide bonds. The highest BCUT2D eigenvalue weighted by Gasteiger charge is 2.15. The highest BCUT2D eigenvalue weighted by atomic mass is 16.5. The lowest BCUT2D eigenvalue weighted by Gasteiger charge is -2.09. The van der Waals surface area contributed by atoms with Gasteiger partial charge in [0.15, 0.2) is 17.3 Å². The van der Waals surface area contributed by atoms with Gasteiger partial charge in [-0.2, -0.15) is 5.26 Å². The van der Waals surface area contributed by atoms with Crippen molar-refractivity contribution >= 4 is 0 Å². The van der Waals surface area contributed by atoms with Crippen molar-refractivity contribution in [3.05, 3.63) is 28.7 Å². The smallest absolute Gasteiger partial charge is 0.441 e. The molecule has 0 radical (unpaired) electrons. The number of aromatic nitrogens is 2. The van der Waals surface area contributed by atoms with Crippen LogP contribution in [0.2, 0.25) is 0 Å². The normalized spacial score (nSPS) is 10.1. The van der Waals surface area contributed by atoms with Gasteiger partial charge in [-0.25, -0.2) is 4.79 Å². The Morgan fingerprint density at radius 3 is 2.76 bits per heavy atom. The van der Waals surface area contributed by atoms with Crippen molar-refractivity contribution in [1.29, 1.82) is 5.26 Å². The fourth-order valence-electron chi connectivity index (χ4n) is 1.96. The largest absolute Gasteiger partial charge is 0.493 e. The number of nitrogens with zero attached hydrogens (tertiary/aromatic N) is 3. The molecule has 0 spiro atoms. The van der Waals surface area contributed by atoms with Gasteiger partial charge in [0.25, 0.3) is 0 Å². The molecule has 0 N–H and O–H groups in total. The number of benzene rings is 1. The van der Waals surface area contributed by atoms with E-state index in [0.717, 1.165) is 0 Å². The predicted molar refractivity (Wildman–Crippen MR) is 74.2 cm³/mol. The molecule has 0 saturated heterocycles. The summed E-state index contributed by atoms with van der Waals surface area (Å²) in [6.45, 7) is 0.375. The van der Waals surface area contributed by atoms with Crippen LogP contribution in [0.1, 0.15) is 12.8 Å². The summed E-state index contributed by atoms with van der Waals surface area (Å²) in [4.78, 5) is 11.7. The number of hydrogen-bond acceptors (Lipinski definition) is 6. The molecular weight excluding hydrogens is 274 g/mol. The maximum absolute atomic E-state index is 11.7. The van der Waals surface area contributed by atoms with Crippen LogP contribution in [0.4, 0.5) is 0 Å². The number of methoxy groups -OCH3 is 2. The van der Waals surface area contributed by atoms with Crippen LogP contribution < -0.4 is 15.2 Å². The van der Waals surface area contributed by atoms with Crippen LogP contribution >= 0.6 is 0 Å². The summed E-state index contributed by atoms with van der Waals surface area (Å²) in [5, 5.41) is 12.4. The molecule has 21 heavy (non-hydrogen) atoms. The van der Waals surface area contributed by atoms with E-state index < -0.39 is 5.76 Å². The average Bonchev–Trinajstić information content (AvgIpc) is 2.88. The van der Waals surface area contributed by atoms with Crippen LogP contribution in [0.5, 0.6) is 11.5 Å². The van der Waals surface area contributed by atoms with Crippen LogP contribution in [0.15, 0.2) is 27.5 Å². The summed E-state index contributed by atoms with van der Waals surface area (Å²) in [6, 6.07) is 7.25. The van der Waals surface area contributed by atoms with Crippen molar-refractivity contribution in [1.82, 2.24) is 9.72 Å². The minimum atomic E-state index is -0.544. The molecule has 0 atom stereocenters. The molecule has 7 nitrogen and oxygen atoms in total. The van der Waals surface area contributed by atoms with E-state index in [-0.39, 0.29) is 0 Å². The summed E-state index contributed by atoms with van der Waals surface area (Å²) >= 11 is 0. The lowest BCUT2D eigenvalue weighted by Crippen LogP contribution is -2.15. The Bertz CT molecular complexity index is 712. The first-order chi connectivity index (χ1) is 10.2. The molecular formula is C14H15N3O4. The maximum atomic E-state index is 11.7. The van der Waals surface area contributed by atoms with Crippen molar-refractivity contribution < 1.29 is 14.0 Å². The zero-order valence-electron chi connectivity index (χ0n) is 11.8. The number of rotatable bonds is 6. The lowest BCUT2D eigenvalue weighted by molar-refractivity contribution is 0.355. The van der Waals surface area contributed by atoms with Gasteiger partial charge in [0.1, 0.15) is 0 Å². The Kier molecular flexibility index (Phi) is 4.61. The minimum absolute atomic E-state index is 0.364. The van der Waals surface area contributed by atoms with E-state index >= 15 is 0 Å². The van der Waals surface area contributed by atoms with Gasteiger partial charge in [0.05, 0.1) is 20.3 Å².